The number of rotatable bonds is 7. The van der Waals surface area contributed by atoms with Crippen LogP contribution in [0, 0.1) is 0 Å². The predicted octanol–water partition coefficient (Wildman–Crippen LogP) is 4.56. The zero-order valence-corrected chi connectivity index (χ0v) is 14.6. The Morgan fingerprint density at radius 1 is 1.16 bits per heavy atom. The highest BCUT2D eigenvalue weighted by Crippen LogP contribution is 2.26. The molecule has 0 unspecified atom stereocenters. The molecule has 0 amide bonds. The van der Waals surface area contributed by atoms with Crippen molar-refractivity contribution in [2.24, 2.45) is 0 Å². The number of ketones is 1. The summed E-state index contributed by atoms with van der Waals surface area (Å²) in [6.07, 6.45) is 1.31. The minimum absolute atomic E-state index is 0.0873. The molecule has 0 spiro atoms. The molecule has 1 heterocycles. The van der Waals surface area contributed by atoms with Crippen LogP contribution >= 0.6 is 11.8 Å². The molecule has 132 valence electrons. The average molecular weight is 365 g/mol. The van der Waals surface area contributed by atoms with Gasteiger partial charge in [0.25, 0.3) is 5.76 Å². The van der Waals surface area contributed by atoms with Gasteiger partial charge in [0.1, 0.15) is 5.03 Å². The molecule has 0 bridgehead atoms. The number of nitrogens with zero attached hydrogens (tertiary/aromatic N) is 1. The van der Waals surface area contributed by atoms with E-state index in [4.69, 9.17) is 4.74 Å². The number of Topliss-reactive ketones (excluding diaryl/α,β-unsaturated/α-hetero) is 1. The van der Waals surface area contributed by atoms with E-state index in [1.807, 2.05) is 26.0 Å². The molecule has 0 atom stereocenters. The number of alkyl halides is 2. The van der Waals surface area contributed by atoms with Gasteiger partial charge in [-0.1, -0.05) is 38.1 Å². The zero-order chi connectivity index (χ0) is 18.4. The fraction of sp³-hybridized carbons (Fsp3) is 0.278. The Labute approximate surface area is 148 Å². The van der Waals surface area contributed by atoms with Crippen molar-refractivity contribution in [3.05, 3.63) is 59.3 Å². The summed E-state index contributed by atoms with van der Waals surface area (Å²) in [7, 11) is 0. The molecular weight excluding hydrogens is 348 g/mol. The summed E-state index contributed by atoms with van der Waals surface area (Å²) in [5.41, 5.74) is 1.43. The van der Waals surface area contributed by atoms with Gasteiger partial charge in [0.15, 0.2) is 12.4 Å². The van der Waals surface area contributed by atoms with Crippen molar-refractivity contribution in [2.75, 3.05) is 6.61 Å². The van der Waals surface area contributed by atoms with Gasteiger partial charge >= 0.3 is 5.97 Å². The van der Waals surface area contributed by atoms with Crippen LogP contribution in [0.5, 0.6) is 0 Å². The number of benzene rings is 1. The van der Waals surface area contributed by atoms with Gasteiger partial charge < -0.3 is 4.74 Å². The highest BCUT2D eigenvalue weighted by molar-refractivity contribution is 7.99. The van der Waals surface area contributed by atoms with E-state index in [9.17, 15) is 18.4 Å². The van der Waals surface area contributed by atoms with Gasteiger partial charge in [0.2, 0.25) is 0 Å². The van der Waals surface area contributed by atoms with Crippen molar-refractivity contribution in [1.29, 1.82) is 0 Å². The normalized spacial score (nSPS) is 11.0. The third-order valence-electron chi connectivity index (χ3n) is 3.43. The molecule has 0 saturated heterocycles. The van der Waals surface area contributed by atoms with Gasteiger partial charge in [-0.25, -0.2) is 9.78 Å². The third kappa shape index (κ3) is 5.35. The van der Waals surface area contributed by atoms with Crippen molar-refractivity contribution in [3.63, 3.8) is 0 Å². The van der Waals surface area contributed by atoms with Gasteiger partial charge in [-0.2, -0.15) is 8.78 Å². The Bertz CT molecular complexity index is 748. The first kappa shape index (κ1) is 19.1. The highest BCUT2D eigenvalue weighted by Gasteiger charge is 2.19. The maximum Gasteiger partial charge on any atom is 0.341 e. The maximum absolute atomic E-state index is 12.5. The fourth-order valence-corrected chi connectivity index (χ4v) is 2.64. The molecule has 0 aliphatic rings. The predicted molar refractivity (Wildman–Crippen MR) is 91.2 cm³/mol. The van der Waals surface area contributed by atoms with Gasteiger partial charge in [-0.3, -0.25) is 4.79 Å². The Morgan fingerprint density at radius 3 is 2.44 bits per heavy atom. The van der Waals surface area contributed by atoms with E-state index >= 15 is 0 Å². The molecule has 25 heavy (non-hydrogen) atoms. The lowest BCUT2D eigenvalue weighted by Crippen LogP contribution is -2.15. The van der Waals surface area contributed by atoms with Crippen LogP contribution in [0.25, 0.3) is 0 Å². The summed E-state index contributed by atoms with van der Waals surface area (Å²) in [6.45, 7) is 3.62. The molecule has 0 radical (unpaired) electrons. The summed E-state index contributed by atoms with van der Waals surface area (Å²) >= 11 is 0.158. The topological polar surface area (TPSA) is 56.3 Å². The molecule has 4 nitrogen and oxygen atoms in total. The zero-order valence-electron chi connectivity index (χ0n) is 13.7. The van der Waals surface area contributed by atoms with E-state index < -0.39 is 18.3 Å². The van der Waals surface area contributed by atoms with Crippen LogP contribution in [-0.4, -0.2) is 29.1 Å². The van der Waals surface area contributed by atoms with Crippen molar-refractivity contribution in [2.45, 2.75) is 30.5 Å². The van der Waals surface area contributed by atoms with Crippen LogP contribution < -0.4 is 0 Å². The minimum Gasteiger partial charge on any atom is -0.454 e. The summed E-state index contributed by atoms with van der Waals surface area (Å²) in [4.78, 5) is 27.9. The smallest absolute Gasteiger partial charge is 0.341 e. The SMILES string of the molecule is CC(C)c1ccc(C(=O)COC(=O)c2cccnc2SC(F)F)cc1. The Kier molecular flexibility index (Phi) is 6.64. The molecule has 0 fully saturated rings. The lowest BCUT2D eigenvalue weighted by molar-refractivity contribution is 0.0470. The Hall–Kier alpha value is -2.28. The molecule has 2 aromatic rings. The van der Waals surface area contributed by atoms with E-state index in [-0.39, 0.29) is 28.1 Å². The second kappa shape index (κ2) is 8.71. The first-order valence-electron chi connectivity index (χ1n) is 7.58. The van der Waals surface area contributed by atoms with Crippen LogP contribution in [0.1, 0.15) is 46.0 Å². The van der Waals surface area contributed by atoms with Gasteiger partial charge in [-0.15, -0.1) is 0 Å². The first-order valence-corrected chi connectivity index (χ1v) is 8.46. The van der Waals surface area contributed by atoms with E-state index in [2.05, 4.69) is 4.98 Å². The van der Waals surface area contributed by atoms with E-state index in [1.165, 1.54) is 18.3 Å². The van der Waals surface area contributed by atoms with Crippen LogP contribution in [-0.2, 0) is 4.74 Å². The number of carbonyl (C=O) groups is 2. The van der Waals surface area contributed by atoms with Crippen molar-refractivity contribution < 1.29 is 23.1 Å². The Balaban J connectivity index is 2.01. The molecule has 0 aliphatic heterocycles. The number of pyridine rings is 1. The molecule has 1 aromatic heterocycles. The fourth-order valence-electron chi connectivity index (χ4n) is 2.07. The third-order valence-corrected chi connectivity index (χ3v) is 4.15. The number of carbonyl (C=O) groups excluding carboxylic acids is 2. The summed E-state index contributed by atoms with van der Waals surface area (Å²) < 4.78 is 30.0. The molecule has 2 rings (SSSR count). The van der Waals surface area contributed by atoms with Crippen LogP contribution in [0.3, 0.4) is 0 Å². The van der Waals surface area contributed by atoms with Crippen molar-refractivity contribution in [1.82, 2.24) is 4.98 Å². The number of thioether (sulfide) groups is 1. The van der Waals surface area contributed by atoms with Crippen LogP contribution in [0.2, 0.25) is 0 Å². The second-order valence-corrected chi connectivity index (χ2v) is 6.49. The maximum atomic E-state index is 12.5. The molecule has 0 saturated carbocycles. The number of aromatic nitrogens is 1. The molecule has 0 aliphatic carbocycles. The standard InChI is InChI=1S/C18H17F2NO3S/c1-11(2)12-5-7-13(8-6-12)15(22)10-24-17(23)14-4-3-9-21-16(14)25-18(19)20/h3-9,11,18H,10H2,1-2H3. The lowest BCUT2D eigenvalue weighted by Gasteiger charge is -2.09. The van der Waals surface area contributed by atoms with E-state index in [0.29, 0.717) is 11.5 Å². The molecule has 0 N–H and O–H groups in total. The van der Waals surface area contributed by atoms with E-state index in [1.54, 1.807) is 12.1 Å². The van der Waals surface area contributed by atoms with Crippen LogP contribution in [0.4, 0.5) is 8.78 Å². The second-order valence-electron chi connectivity index (χ2n) is 5.51. The number of esters is 1. The number of halogens is 2. The first-order chi connectivity index (χ1) is 11.9. The number of hydrogen-bond donors (Lipinski definition) is 0. The lowest BCUT2D eigenvalue weighted by atomic mass is 10.0. The molecular formula is C18H17F2NO3S. The number of ether oxygens (including phenoxy) is 1. The summed E-state index contributed by atoms with van der Waals surface area (Å²) in [5, 5.41) is -0.128. The molecule has 1 aromatic carbocycles. The monoisotopic (exact) mass is 365 g/mol. The quantitative estimate of drug-likeness (QED) is 0.409. The van der Waals surface area contributed by atoms with Crippen molar-refractivity contribution >= 4 is 23.5 Å². The Morgan fingerprint density at radius 2 is 1.84 bits per heavy atom. The minimum atomic E-state index is -2.71. The van der Waals surface area contributed by atoms with Crippen LogP contribution in [0.15, 0.2) is 47.6 Å². The summed E-state index contributed by atoms with van der Waals surface area (Å²) in [5.74, 6) is -3.58. The largest absolute Gasteiger partial charge is 0.454 e. The van der Waals surface area contributed by atoms with E-state index in [0.717, 1.165) is 5.56 Å². The number of hydrogen-bond acceptors (Lipinski definition) is 5. The summed E-state index contributed by atoms with van der Waals surface area (Å²) in [6, 6.07) is 9.82. The average Bonchev–Trinajstić information content (AvgIpc) is 2.59. The van der Waals surface area contributed by atoms with Gasteiger partial charge in [-0.05, 0) is 35.4 Å². The van der Waals surface area contributed by atoms with Gasteiger partial charge in [0, 0.05) is 11.8 Å². The molecule has 7 heteroatoms. The van der Waals surface area contributed by atoms with Gasteiger partial charge in [0.05, 0.1) is 5.56 Å². The van der Waals surface area contributed by atoms with Crippen molar-refractivity contribution in [3.8, 4) is 0 Å². The highest BCUT2D eigenvalue weighted by atomic mass is 32.2.